The number of fused-ring (bicyclic) bond motifs is 1. The smallest absolute Gasteiger partial charge is 0.257 e. The molecule has 2 N–H and O–H groups in total. The molecule has 9 heteroatoms. The maximum absolute atomic E-state index is 13.1. The van der Waals surface area contributed by atoms with Crippen molar-refractivity contribution in [2.45, 2.75) is 32.9 Å². The summed E-state index contributed by atoms with van der Waals surface area (Å²) in [6.07, 6.45) is -0.126. The molecule has 1 heterocycles. The molecule has 0 aliphatic carbocycles. The molecule has 0 unspecified atom stereocenters. The van der Waals surface area contributed by atoms with E-state index < -0.39 is 10.0 Å². The SMILES string of the molecule is CCS(=O)(=O)Nc1ccc2c(c1)C(=O)N(C)C[C@H](OC)[C@H](C)CN[C@@H](C)CO2. The number of nitrogens with one attached hydrogen (secondary N) is 2. The Bertz CT molecular complexity index is 784. The molecule has 0 aromatic heterocycles. The summed E-state index contributed by atoms with van der Waals surface area (Å²) in [4.78, 5) is 14.7. The van der Waals surface area contributed by atoms with Crippen LogP contribution >= 0.6 is 0 Å². The summed E-state index contributed by atoms with van der Waals surface area (Å²) >= 11 is 0. The van der Waals surface area contributed by atoms with E-state index in [9.17, 15) is 13.2 Å². The van der Waals surface area contributed by atoms with Crippen LogP contribution in [0.5, 0.6) is 5.75 Å². The lowest BCUT2D eigenvalue weighted by Gasteiger charge is -2.30. The molecule has 0 saturated carbocycles. The molecule has 8 nitrogen and oxygen atoms in total. The molecule has 0 bridgehead atoms. The number of sulfonamides is 1. The van der Waals surface area contributed by atoms with Crippen LogP contribution in [0.3, 0.4) is 0 Å². The molecule has 0 spiro atoms. The van der Waals surface area contributed by atoms with Crippen LogP contribution in [0.4, 0.5) is 5.69 Å². The van der Waals surface area contributed by atoms with Gasteiger partial charge >= 0.3 is 0 Å². The van der Waals surface area contributed by atoms with Crippen molar-refractivity contribution in [2.24, 2.45) is 5.92 Å². The highest BCUT2D eigenvalue weighted by atomic mass is 32.2. The number of nitrogens with zero attached hydrogens (tertiary/aromatic N) is 1. The number of ether oxygens (including phenoxy) is 2. The Kier molecular flexibility index (Phi) is 7.68. The summed E-state index contributed by atoms with van der Waals surface area (Å²) < 4.78 is 37.7. The first-order valence-corrected chi connectivity index (χ1v) is 11.1. The van der Waals surface area contributed by atoms with E-state index in [1.54, 1.807) is 38.1 Å². The fraction of sp³-hybridized carbons (Fsp3) is 0.632. The second-order valence-electron chi connectivity index (χ2n) is 7.27. The van der Waals surface area contributed by atoms with Crippen molar-refractivity contribution in [3.8, 4) is 5.75 Å². The van der Waals surface area contributed by atoms with Crippen molar-refractivity contribution in [3.05, 3.63) is 23.8 Å². The van der Waals surface area contributed by atoms with E-state index in [-0.39, 0.29) is 29.7 Å². The van der Waals surface area contributed by atoms with Gasteiger partial charge in [-0.2, -0.15) is 0 Å². The first-order chi connectivity index (χ1) is 13.2. The number of benzene rings is 1. The van der Waals surface area contributed by atoms with Crippen molar-refractivity contribution in [2.75, 3.05) is 44.3 Å². The molecule has 1 aliphatic rings. The topological polar surface area (TPSA) is 97.0 Å². The number of likely N-dealkylation sites (N-methyl/N-ethyl adjacent to an activating group) is 1. The average molecular weight is 414 g/mol. The summed E-state index contributed by atoms with van der Waals surface area (Å²) in [7, 11) is -0.0983. The molecule has 1 amide bonds. The van der Waals surface area contributed by atoms with Gasteiger partial charge in [0.05, 0.1) is 17.4 Å². The monoisotopic (exact) mass is 413 g/mol. The van der Waals surface area contributed by atoms with Crippen LogP contribution in [-0.2, 0) is 14.8 Å². The van der Waals surface area contributed by atoms with Gasteiger partial charge in [0.15, 0.2) is 0 Å². The van der Waals surface area contributed by atoms with Gasteiger partial charge < -0.3 is 19.7 Å². The normalized spacial score (nSPS) is 24.5. The lowest BCUT2D eigenvalue weighted by molar-refractivity contribution is 0.0281. The zero-order chi connectivity index (χ0) is 20.9. The maximum atomic E-state index is 13.1. The Morgan fingerprint density at radius 1 is 1.36 bits per heavy atom. The molecule has 1 aliphatic heterocycles. The van der Waals surface area contributed by atoms with E-state index in [0.717, 1.165) is 6.54 Å². The number of hydrogen-bond donors (Lipinski definition) is 2. The molecule has 2 rings (SSSR count). The summed E-state index contributed by atoms with van der Waals surface area (Å²) in [5.74, 6) is 0.324. The van der Waals surface area contributed by atoms with Gasteiger partial charge in [0.25, 0.3) is 5.91 Å². The minimum atomic E-state index is -3.44. The van der Waals surface area contributed by atoms with Gasteiger partial charge in [-0.15, -0.1) is 0 Å². The van der Waals surface area contributed by atoms with Gasteiger partial charge in [0.2, 0.25) is 10.0 Å². The van der Waals surface area contributed by atoms with Crippen molar-refractivity contribution in [1.29, 1.82) is 0 Å². The number of methoxy groups -OCH3 is 1. The van der Waals surface area contributed by atoms with E-state index >= 15 is 0 Å². The van der Waals surface area contributed by atoms with Crippen molar-refractivity contribution in [3.63, 3.8) is 0 Å². The van der Waals surface area contributed by atoms with E-state index in [4.69, 9.17) is 9.47 Å². The third-order valence-corrected chi connectivity index (χ3v) is 6.19. The molecular weight excluding hydrogens is 382 g/mol. The summed E-state index contributed by atoms with van der Waals surface area (Å²) in [5, 5.41) is 3.42. The van der Waals surface area contributed by atoms with Gasteiger partial charge in [-0.25, -0.2) is 8.42 Å². The van der Waals surface area contributed by atoms with E-state index in [2.05, 4.69) is 17.0 Å². The van der Waals surface area contributed by atoms with Crippen molar-refractivity contribution < 1.29 is 22.7 Å². The first-order valence-electron chi connectivity index (χ1n) is 9.45. The van der Waals surface area contributed by atoms with E-state index in [1.807, 2.05) is 6.92 Å². The quantitative estimate of drug-likeness (QED) is 0.777. The van der Waals surface area contributed by atoms with Crippen LogP contribution in [0.25, 0.3) is 0 Å². The Hall–Kier alpha value is -1.84. The zero-order valence-electron chi connectivity index (χ0n) is 17.2. The van der Waals surface area contributed by atoms with Crippen LogP contribution in [0, 0.1) is 5.92 Å². The molecule has 0 saturated heterocycles. The molecule has 1 aromatic carbocycles. The predicted octanol–water partition coefficient (Wildman–Crippen LogP) is 1.54. The van der Waals surface area contributed by atoms with E-state index in [0.29, 0.717) is 30.2 Å². The minimum Gasteiger partial charge on any atom is -0.491 e. The molecule has 0 fully saturated rings. The van der Waals surface area contributed by atoms with Gasteiger partial charge in [0.1, 0.15) is 12.4 Å². The van der Waals surface area contributed by atoms with Crippen molar-refractivity contribution in [1.82, 2.24) is 10.2 Å². The van der Waals surface area contributed by atoms with Crippen LogP contribution in [-0.4, -0.2) is 71.0 Å². The second kappa shape index (κ2) is 9.58. The molecule has 158 valence electrons. The van der Waals surface area contributed by atoms with Crippen molar-refractivity contribution >= 4 is 21.6 Å². The summed E-state index contributed by atoms with van der Waals surface area (Å²) in [6.45, 7) is 7.18. The highest BCUT2D eigenvalue weighted by molar-refractivity contribution is 7.92. The highest BCUT2D eigenvalue weighted by Gasteiger charge is 2.25. The maximum Gasteiger partial charge on any atom is 0.257 e. The summed E-state index contributed by atoms with van der Waals surface area (Å²) in [6, 6.07) is 4.84. The zero-order valence-corrected chi connectivity index (χ0v) is 18.0. The van der Waals surface area contributed by atoms with Crippen LogP contribution < -0.4 is 14.8 Å². The largest absolute Gasteiger partial charge is 0.491 e. The third kappa shape index (κ3) is 5.83. The number of amides is 1. The minimum absolute atomic E-state index is 0.0506. The van der Waals surface area contributed by atoms with Crippen LogP contribution in [0.1, 0.15) is 31.1 Å². The van der Waals surface area contributed by atoms with Crippen LogP contribution in [0.2, 0.25) is 0 Å². The Balaban J connectivity index is 2.40. The fourth-order valence-corrected chi connectivity index (χ4v) is 3.61. The molecule has 0 radical (unpaired) electrons. The first kappa shape index (κ1) is 22.4. The predicted molar refractivity (Wildman–Crippen MR) is 109 cm³/mol. The molecule has 28 heavy (non-hydrogen) atoms. The number of anilines is 1. The number of rotatable bonds is 4. The fourth-order valence-electron chi connectivity index (χ4n) is 2.98. The Morgan fingerprint density at radius 2 is 2.07 bits per heavy atom. The van der Waals surface area contributed by atoms with Gasteiger partial charge in [-0.05, 0) is 38.0 Å². The molecule has 3 atom stereocenters. The average Bonchev–Trinajstić information content (AvgIpc) is 2.67. The summed E-state index contributed by atoms with van der Waals surface area (Å²) in [5.41, 5.74) is 0.648. The standard InChI is InChI=1S/C19H31N3O5S/c1-6-28(24,25)21-15-7-8-17-16(9-15)19(23)22(4)11-18(26-5)13(2)10-20-14(3)12-27-17/h7-9,13-14,18,20-21H,6,10-12H2,1-5H3/t13-,14+,18+/m1/s1. The number of hydrogen-bond acceptors (Lipinski definition) is 6. The van der Waals surface area contributed by atoms with Crippen LogP contribution in [0.15, 0.2) is 18.2 Å². The Labute approximate surface area is 167 Å². The lowest BCUT2D eigenvalue weighted by atomic mass is 10.0. The number of carbonyl (C=O) groups excluding carboxylic acids is 1. The third-order valence-electron chi connectivity index (χ3n) is 4.88. The molecule has 1 aromatic rings. The number of carbonyl (C=O) groups is 1. The van der Waals surface area contributed by atoms with Gasteiger partial charge in [-0.3, -0.25) is 9.52 Å². The lowest BCUT2D eigenvalue weighted by Crippen LogP contribution is -2.44. The Morgan fingerprint density at radius 3 is 2.71 bits per heavy atom. The molecular formula is C19H31N3O5S. The second-order valence-corrected chi connectivity index (χ2v) is 9.28. The van der Waals surface area contributed by atoms with Gasteiger partial charge in [-0.1, -0.05) is 6.92 Å². The van der Waals surface area contributed by atoms with Gasteiger partial charge in [0, 0.05) is 39.0 Å². The highest BCUT2D eigenvalue weighted by Crippen LogP contribution is 2.26. The van der Waals surface area contributed by atoms with E-state index in [1.165, 1.54) is 6.07 Å².